The highest BCUT2D eigenvalue weighted by Crippen LogP contribution is 2.16. The summed E-state index contributed by atoms with van der Waals surface area (Å²) in [5.41, 5.74) is 2.44. The smallest absolute Gasteiger partial charge is 0.251 e. The quantitative estimate of drug-likeness (QED) is 0.535. The Morgan fingerprint density at radius 2 is 1.46 bits per heavy atom. The van der Waals surface area contributed by atoms with E-state index >= 15 is 0 Å². The molecule has 0 aliphatic heterocycles. The van der Waals surface area contributed by atoms with Crippen molar-refractivity contribution in [2.45, 2.75) is 26.7 Å². The van der Waals surface area contributed by atoms with Gasteiger partial charge in [0.05, 0.1) is 6.54 Å². The SMILES string of the molecule is CCCC(=O)Nc1cccc(NC(=O)CNc2cccc(C(=O)NCC)c2)c1. The third-order valence-corrected chi connectivity index (χ3v) is 3.82. The fourth-order valence-corrected chi connectivity index (χ4v) is 2.55. The van der Waals surface area contributed by atoms with Gasteiger partial charge in [-0.05, 0) is 49.7 Å². The maximum atomic E-state index is 12.2. The van der Waals surface area contributed by atoms with Crippen LogP contribution in [0.4, 0.5) is 17.1 Å². The highest BCUT2D eigenvalue weighted by atomic mass is 16.2. The molecule has 0 spiro atoms. The number of benzene rings is 2. The lowest BCUT2D eigenvalue weighted by Gasteiger charge is -2.10. The number of hydrogen-bond acceptors (Lipinski definition) is 4. The molecule has 0 heterocycles. The molecule has 7 nitrogen and oxygen atoms in total. The Hall–Kier alpha value is -3.35. The van der Waals surface area contributed by atoms with E-state index in [1.807, 2.05) is 13.8 Å². The summed E-state index contributed by atoms with van der Waals surface area (Å²) in [6, 6.07) is 14.0. The molecule has 0 aliphatic carbocycles. The molecular weight excluding hydrogens is 356 g/mol. The molecule has 2 rings (SSSR count). The lowest BCUT2D eigenvalue weighted by Crippen LogP contribution is -2.23. The van der Waals surface area contributed by atoms with Crippen molar-refractivity contribution in [3.05, 3.63) is 54.1 Å². The second-order valence-corrected chi connectivity index (χ2v) is 6.22. The van der Waals surface area contributed by atoms with Gasteiger partial charge in [-0.3, -0.25) is 14.4 Å². The summed E-state index contributed by atoms with van der Waals surface area (Å²) in [5.74, 6) is -0.447. The van der Waals surface area contributed by atoms with Gasteiger partial charge in [-0.1, -0.05) is 19.1 Å². The topological polar surface area (TPSA) is 99.3 Å². The lowest BCUT2D eigenvalue weighted by atomic mass is 10.2. The van der Waals surface area contributed by atoms with E-state index in [0.717, 1.165) is 6.42 Å². The molecule has 0 radical (unpaired) electrons. The zero-order valence-corrected chi connectivity index (χ0v) is 16.2. The van der Waals surface area contributed by atoms with Crippen LogP contribution in [0.2, 0.25) is 0 Å². The number of anilines is 3. The first kappa shape index (κ1) is 21.0. The standard InChI is InChI=1S/C21H26N4O3/c1-3-7-19(26)24-17-10-6-11-18(13-17)25-20(27)14-23-16-9-5-8-15(12-16)21(28)22-4-2/h5-6,8-13,23H,3-4,7,14H2,1-2H3,(H,22,28)(H,24,26)(H,25,27). The normalized spacial score (nSPS) is 10.1. The van der Waals surface area contributed by atoms with Crippen molar-refractivity contribution < 1.29 is 14.4 Å². The number of rotatable bonds is 9. The zero-order chi connectivity index (χ0) is 20.4. The first-order valence-corrected chi connectivity index (χ1v) is 9.33. The van der Waals surface area contributed by atoms with E-state index in [9.17, 15) is 14.4 Å². The van der Waals surface area contributed by atoms with Crippen LogP contribution in [0, 0.1) is 0 Å². The second-order valence-electron chi connectivity index (χ2n) is 6.22. The summed E-state index contributed by atoms with van der Waals surface area (Å²) >= 11 is 0. The molecule has 2 aromatic carbocycles. The molecule has 0 aromatic heterocycles. The van der Waals surface area contributed by atoms with Crippen molar-refractivity contribution in [2.24, 2.45) is 0 Å². The first-order valence-electron chi connectivity index (χ1n) is 9.33. The van der Waals surface area contributed by atoms with E-state index in [2.05, 4.69) is 21.3 Å². The van der Waals surface area contributed by atoms with Gasteiger partial charge in [-0.15, -0.1) is 0 Å². The molecule has 148 valence electrons. The highest BCUT2D eigenvalue weighted by Gasteiger charge is 2.07. The summed E-state index contributed by atoms with van der Waals surface area (Å²) in [6.07, 6.45) is 1.23. The van der Waals surface area contributed by atoms with Crippen LogP contribution in [-0.4, -0.2) is 30.8 Å². The molecule has 3 amide bonds. The lowest BCUT2D eigenvalue weighted by molar-refractivity contribution is -0.116. The van der Waals surface area contributed by atoms with E-state index in [4.69, 9.17) is 0 Å². The molecule has 0 aliphatic rings. The maximum absolute atomic E-state index is 12.2. The Morgan fingerprint density at radius 3 is 2.14 bits per heavy atom. The third kappa shape index (κ3) is 6.75. The van der Waals surface area contributed by atoms with Crippen molar-refractivity contribution in [1.29, 1.82) is 0 Å². The summed E-state index contributed by atoms with van der Waals surface area (Å²) in [7, 11) is 0. The molecule has 0 saturated heterocycles. The molecule has 7 heteroatoms. The van der Waals surface area contributed by atoms with Crippen LogP contribution in [0.15, 0.2) is 48.5 Å². The van der Waals surface area contributed by atoms with Crippen molar-refractivity contribution in [3.63, 3.8) is 0 Å². The van der Waals surface area contributed by atoms with Crippen LogP contribution in [0.25, 0.3) is 0 Å². The van der Waals surface area contributed by atoms with Crippen molar-refractivity contribution in [2.75, 3.05) is 29.0 Å². The third-order valence-electron chi connectivity index (χ3n) is 3.82. The Balaban J connectivity index is 1.90. The van der Waals surface area contributed by atoms with Crippen LogP contribution in [0.5, 0.6) is 0 Å². The van der Waals surface area contributed by atoms with Gasteiger partial charge in [0.25, 0.3) is 5.91 Å². The molecule has 0 fully saturated rings. The molecular formula is C21H26N4O3. The minimum absolute atomic E-state index is 0.0469. The average Bonchev–Trinajstić information content (AvgIpc) is 2.67. The van der Waals surface area contributed by atoms with Gasteiger partial charge < -0.3 is 21.3 Å². The molecule has 0 unspecified atom stereocenters. The minimum atomic E-state index is -0.236. The van der Waals surface area contributed by atoms with E-state index in [1.165, 1.54) is 0 Å². The van der Waals surface area contributed by atoms with E-state index in [-0.39, 0.29) is 24.3 Å². The highest BCUT2D eigenvalue weighted by molar-refractivity contribution is 5.97. The summed E-state index contributed by atoms with van der Waals surface area (Å²) in [6.45, 7) is 4.39. The molecule has 0 atom stereocenters. The zero-order valence-electron chi connectivity index (χ0n) is 16.2. The van der Waals surface area contributed by atoms with Crippen LogP contribution in [-0.2, 0) is 9.59 Å². The van der Waals surface area contributed by atoms with E-state index in [1.54, 1.807) is 48.5 Å². The summed E-state index contributed by atoms with van der Waals surface area (Å²) in [5, 5.41) is 11.3. The maximum Gasteiger partial charge on any atom is 0.251 e. The van der Waals surface area contributed by atoms with Crippen molar-refractivity contribution >= 4 is 34.8 Å². The number of hydrogen-bond donors (Lipinski definition) is 4. The average molecular weight is 382 g/mol. The summed E-state index contributed by atoms with van der Waals surface area (Å²) in [4.78, 5) is 35.8. The van der Waals surface area contributed by atoms with Crippen LogP contribution >= 0.6 is 0 Å². The number of carbonyl (C=O) groups is 3. The Bertz CT molecular complexity index is 836. The van der Waals surface area contributed by atoms with Gasteiger partial charge in [-0.2, -0.15) is 0 Å². The second kappa shape index (κ2) is 10.7. The molecule has 4 N–H and O–H groups in total. The fraction of sp³-hybridized carbons (Fsp3) is 0.286. The van der Waals surface area contributed by atoms with Gasteiger partial charge in [0.1, 0.15) is 0 Å². The molecule has 0 bridgehead atoms. The predicted octanol–water partition coefficient (Wildman–Crippen LogP) is 3.23. The van der Waals surface area contributed by atoms with Crippen LogP contribution in [0.1, 0.15) is 37.0 Å². The van der Waals surface area contributed by atoms with Gasteiger partial charge >= 0.3 is 0 Å². The molecule has 28 heavy (non-hydrogen) atoms. The molecule has 0 saturated carbocycles. The van der Waals surface area contributed by atoms with Gasteiger partial charge in [0.2, 0.25) is 11.8 Å². The minimum Gasteiger partial charge on any atom is -0.376 e. The fourth-order valence-electron chi connectivity index (χ4n) is 2.55. The number of nitrogens with one attached hydrogen (secondary N) is 4. The van der Waals surface area contributed by atoms with Crippen LogP contribution in [0.3, 0.4) is 0 Å². The van der Waals surface area contributed by atoms with E-state index in [0.29, 0.717) is 35.6 Å². The predicted molar refractivity (Wildman–Crippen MR) is 112 cm³/mol. The van der Waals surface area contributed by atoms with Gasteiger partial charge in [-0.25, -0.2) is 0 Å². The number of carbonyl (C=O) groups excluding carboxylic acids is 3. The van der Waals surface area contributed by atoms with Crippen molar-refractivity contribution in [1.82, 2.24) is 5.32 Å². The van der Waals surface area contributed by atoms with Gasteiger partial charge in [0.15, 0.2) is 0 Å². The van der Waals surface area contributed by atoms with Crippen LogP contribution < -0.4 is 21.3 Å². The first-order chi connectivity index (χ1) is 13.5. The largest absolute Gasteiger partial charge is 0.376 e. The number of amides is 3. The summed E-state index contributed by atoms with van der Waals surface area (Å²) < 4.78 is 0. The van der Waals surface area contributed by atoms with E-state index < -0.39 is 0 Å². The van der Waals surface area contributed by atoms with Gasteiger partial charge in [0, 0.05) is 35.6 Å². The monoisotopic (exact) mass is 382 g/mol. The Kier molecular flexibility index (Phi) is 8.02. The molecule has 2 aromatic rings. The van der Waals surface area contributed by atoms with Crippen molar-refractivity contribution in [3.8, 4) is 0 Å². The Labute approximate surface area is 164 Å². The Morgan fingerprint density at radius 1 is 0.821 bits per heavy atom.